The molecule has 0 amide bonds. The summed E-state index contributed by atoms with van der Waals surface area (Å²) in [4.78, 5) is 9.07. The van der Waals surface area contributed by atoms with Gasteiger partial charge in [-0.3, -0.25) is 0 Å². The van der Waals surface area contributed by atoms with Crippen LogP contribution in [0.15, 0.2) is 10.7 Å². The average Bonchev–Trinajstić information content (AvgIpc) is 2.23. The van der Waals surface area contributed by atoms with E-state index in [9.17, 15) is 0 Å². The van der Waals surface area contributed by atoms with Gasteiger partial charge in [0.2, 0.25) is 0 Å². The van der Waals surface area contributed by atoms with E-state index in [2.05, 4.69) is 72.8 Å². The summed E-state index contributed by atoms with van der Waals surface area (Å²) >= 11 is 3.46. The molecule has 0 saturated carbocycles. The van der Waals surface area contributed by atoms with Crippen LogP contribution in [0, 0.1) is 5.92 Å². The van der Waals surface area contributed by atoms with Gasteiger partial charge in [0.1, 0.15) is 16.2 Å². The van der Waals surface area contributed by atoms with Gasteiger partial charge in [0.25, 0.3) is 0 Å². The quantitative estimate of drug-likeness (QED) is 0.838. The maximum Gasteiger partial charge on any atom is 0.137 e. The van der Waals surface area contributed by atoms with Gasteiger partial charge >= 0.3 is 0 Å². The summed E-state index contributed by atoms with van der Waals surface area (Å²) in [5.74, 6) is 2.35. The summed E-state index contributed by atoms with van der Waals surface area (Å²) in [6.07, 6.45) is 1.09. The first kappa shape index (κ1) is 15.4. The summed E-state index contributed by atoms with van der Waals surface area (Å²) in [7, 11) is 0. The molecular formula is C14H24BrN3. The Morgan fingerprint density at radius 1 is 1.28 bits per heavy atom. The van der Waals surface area contributed by atoms with E-state index in [-0.39, 0.29) is 5.41 Å². The number of nitrogens with zero attached hydrogens (tertiary/aromatic N) is 2. The molecule has 1 aromatic rings. The zero-order valence-electron chi connectivity index (χ0n) is 12.2. The summed E-state index contributed by atoms with van der Waals surface area (Å²) < 4.78 is 0.837. The Kier molecular flexibility index (Phi) is 5.14. The van der Waals surface area contributed by atoms with Crippen molar-refractivity contribution in [3.8, 4) is 0 Å². The Morgan fingerprint density at radius 3 is 2.33 bits per heavy atom. The zero-order chi connectivity index (χ0) is 13.9. The van der Waals surface area contributed by atoms with Crippen LogP contribution in [-0.2, 0) is 5.41 Å². The highest BCUT2D eigenvalue weighted by molar-refractivity contribution is 9.10. The maximum atomic E-state index is 4.62. The summed E-state index contributed by atoms with van der Waals surface area (Å²) in [5, 5.41) is 3.50. The molecule has 0 spiro atoms. The van der Waals surface area contributed by atoms with Crippen LogP contribution in [0.1, 0.15) is 53.8 Å². The highest BCUT2D eigenvalue weighted by atomic mass is 79.9. The molecule has 18 heavy (non-hydrogen) atoms. The Hall–Kier alpha value is -0.640. The van der Waals surface area contributed by atoms with Crippen molar-refractivity contribution in [1.29, 1.82) is 0 Å². The van der Waals surface area contributed by atoms with Gasteiger partial charge in [0.15, 0.2) is 0 Å². The molecule has 0 aliphatic heterocycles. The minimum atomic E-state index is -0.0419. The van der Waals surface area contributed by atoms with E-state index in [1.165, 1.54) is 0 Å². The predicted octanol–water partition coefficient (Wildman–Crippen LogP) is 4.38. The molecule has 1 unspecified atom stereocenters. The standard InChI is InChI=1S/C14H24BrN3/c1-7-10(9(2)3)16-12-8-11(15)17-13(18-12)14(4,5)6/h8-10H,7H2,1-6H3,(H,16,17,18). The topological polar surface area (TPSA) is 37.8 Å². The van der Waals surface area contributed by atoms with Crippen LogP contribution in [0.4, 0.5) is 5.82 Å². The van der Waals surface area contributed by atoms with Crippen molar-refractivity contribution < 1.29 is 0 Å². The predicted molar refractivity (Wildman–Crippen MR) is 81.0 cm³/mol. The number of anilines is 1. The summed E-state index contributed by atoms with van der Waals surface area (Å²) in [6, 6.07) is 2.39. The molecule has 0 bridgehead atoms. The first-order chi connectivity index (χ1) is 8.24. The third kappa shape index (κ3) is 4.23. The number of aromatic nitrogens is 2. The molecule has 0 aliphatic rings. The third-order valence-electron chi connectivity index (χ3n) is 2.94. The van der Waals surface area contributed by atoms with Crippen LogP contribution in [0.5, 0.6) is 0 Å². The van der Waals surface area contributed by atoms with E-state index in [4.69, 9.17) is 0 Å². The van der Waals surface area contributed by atoms with Crippen LogP contribution >= 0.6 is 15.9 Å². The molecule has 1 heterocycles. The molecule has 0 saturated heterocycles. The monoisotopic (exact) mass is 313 g/mol. The normalized spacial score (nSPS) is 13.8. The van der Waals surface area contributed by atoms with Crippen molar-refractivity contribution in [2.24, 2.45) is 5.92 Å². The molecule has 0 aliphatic carbocycles. The highest BCUT2D eigenvalue weighted by Crippen LogP contribution is 2.23. The second-order valence-electron chi connectivity index (χ2n) is 6.05. The second-order valence-corrected chi connectivity index (χ2v) is 6.87. The van der Waals surface area contributed by atoms with Crippen LogP contribution in [-0.4, -0.2) is 16.0 Å². The van der Waals surface area contributed by atoms with Gasteiger partial charge in [0, 0.05) is 17.5 Å². The Morgan fingerprint density at radius 2 is 1.89 bits per heavy atom. The fourth-order valence-electron chi connectivity index (χ4n) is 1.76. The minimum Gasteiger partial charge on any atom is -0.367 e. The van der Waals surface area contributed by atoms with E-state index in [0.29, 0.717) is 12.0 Å². The van der Waals surface area contributed by atoms with Gasteiger partial charge in [-0.2, -0.15) is 0 Å². The van der Waals surface area contributed by atoms with Crippen LogP contribution in [0.25, 0.3) is 0 Å². The number of nitrogens with one attached hydrogen (secondary N) is 1. The molecule has 4 heteroatoms. The second kappa shape index (κ2) is 6.00. The largest absolute Gasteiger partial charge is 0.367 e. The van der Waals surface area contributed by atoms with Gasteiger partial charge in [-0.05, 0) is 28.3 Å². The Labute approximate surface area is 119 Å². The molecule has 1 rings (SSSR count). The minimum absolute atomic E-state index is 0.0419. The van der Waals surface area contributed by atoms with Crippen molar-refractivity contribution in [1.82, 2.24) is 9.97 Å². The SMILES string of the molecule is CCC(Nc1cc(Br)nc(C(C)(C)C)n1)C(C)C. The molecular weight excluding hydrogens is 290 g/mol. The van der Waals surface area contributed by atoms with Crippen molar-refractivity contribution in [2.75, 3.05) is 5.32 Å². The van der Waals surface area contributed by atoms with Crippen molar-refractivity contribution in [3.05, 3.63) is 16.5 Å². The number of hydrogen-bond donors (Lipinski definition) is 1. The maximum absolute atomic E-state index is 4.62. The smallest absolute Gasteiger partial charge is 0.137 e. The van der Waals surface area contributed by atoms with Crippen molar-refractivity contribution in [2.45, 2.75) is 59.4 Å². The summed E-state index contributed by atoms with van der Waals surface area (Å²) in [5.41, 5.74) is -0.0419. The lowest BCUT2D eigenvalue weighted by atomic mass is 9.96. The van der Waals surface area contributed by atoms with E-state index in [1.54, 1.807) is 0 Å². The number of rotatable bonds is 4. The van der Waals surface area contributed by atoms with Gasteiger partial charge < -0.3 is 5.32 Å². The van der Waals surface area contributed by atoms with Crippen LogP contribution in [0.3, 0.4) is 0 Å². The molecule has 0 fully saturated rings. The zero-order valence-corrected chi connectivity index (χ0v) is 13.8. The Bertz CT molecular complexity index is 397. The molecule has 1 atom stereocenters. The van der Waals surface area contributed by atoms with E-state index in [0.717, 1.165) is 22.7 Å². The molecule has 0 aromatic carbocycles. The fourth-order valence-corrected chi connectivity index (χ4v) is 2.14. The van der Waals surface area contributed by atoms with Gasteiger partial charge in [-0.1, -0.05) is 41.5 Å². The summed E-state index contributed by atoms with van der Waals surface area (Å²) in [6.45, 7) is 13.0. The van der Waals surface area contributed by atoms with Crippen molar-refractivity contribution >= 4 is 21.7 Å². The first-order valence-electron chi connectivity index (χ1n) is 6.55. The van der Waals surface area contributed by atoms with Gasteiger partial charge in [-0.25, -0.2) is 9.97 Å². The molecule has 1 N–H and O–H groups in total. The number of hydrogen-bond acceptors (Lipinski definition) is 3. The lowest BCUT2D eigenvalue weighted by molar-refractivity contribution is 0.506. The average molecular weight is 314 g/mol. The molecule has 102 valence electrons. The highest BCUT2D eigenvalue weighted by Gasteiger charge is 2.19. The lowest BCUT2D eigenvalue weighted by Crippen LogP contribution is -2.26. The fraction of sp³-hybridized carbons (Fsp3) is 0.714. The van der Waals surface area contributed by atoms with E-state index in [1.807, 2.05) is 6.07 Å². The van der Waals surface area contributed by atoms with Crippen LogP contribution < -0.4 is 5.32 Å². The van der Waals surface area contributed by atoms with E-state index < -0.39 is 0 Å². The van der Waals surface area contributed by atoms with E-state index >= 15 is 0 Å². The van der Waals surface area contributed by atoms with Gasteiger partial charge in [-0.15, -0.1) is 0 Å². The molecule has 3 nitrogen and oxygen atoms in total. The molecule has 1 aromatic heterocycles. The van der Waals surface area contributed by atoms with Crippen LogP contribution in [0.2, 0.25) is 0 Å². The molecule has 0 radical (unpaired) electrons. The first-order valence-corrected chi connectivity index (χ1v) is 7.35. The Balaban J connectivity index is 3.00. The number of halogens is 1. The van der Waals surface area contributed by atoms with Crippen molar-refractivity contribution in [3.63, 3.8) is 0 Å². The lowest BCUT2D eigenvalue weighted by Gasteiger charge is -2.23. The van der Waals surface area contributed by atoms with Gasteiger partial charge in [0.05, 0.1) is 0 Å². The third-order valence-corrected chi connectivity index (χ3v) is 3.35.